The van der Waals surface area contributed by atoms with Crippen LogP contribution in [0.15, 0.2) is 249 Å². The summed E-state index contributed by atoms with van der Waals surface area (Å²) >= 11 is 0. The monoisotopic (exact) mass is 799 g/mol. The van der Waals surface area contributed by atoms with Crippen LogP contribution in [-0.4, -0.2) is 0 Å². The molecule has 0 fully saturated rings. The first kappa shape index (κ1) is 36.6. The molecule has 0 atom stereocenters. The zero-order chi connectivity index (χ0) is 41.7. The van der Waals surface area contributed by atoms with Gasteiger partial charge in [-0.2, -0.15) is 0 Å². The molecular weight excluding hydrogens is 759 g/mol. The average Bonchev–Trinajstić information content (AvgIpc) is 3.36. The van der Waals surface area contributed by atoms with Crippen molar-refractivity contribution in [2.45, 2.75) is 0 Å². The summed E-state index contributed by atoms with van der Waals surface area (Å²) in [5, 5.41) is 12.5. The summed E-state index contributed by atoms with van der Waals surface area (Å²) in [6.45, 7) is 0. The highest BCUT2D eigenvalue weighted by Crippen LogP contribution is 2.46. The fourth-order valence-corrected chi connectivity index (χ4v) is 9.86. The van der Waals surface area contributed by atoms with Crippen LogP contribution in [0.5, 0.6) is 0 Å². The Balaban J connectivity index is 1.02. The summed E-state index contributed by atoms with van der Waals surface area (Å²) in [5.74, 6) is 0. The molecule has 0 aliphatic carbocycles. The Bertz CT molecular complexity index is 3660. The van der Waals surface area contributed by atoms with E-state index in [1.54, 1.807) is 0 Å². The van der Waals surface area contributed by atoms with Gasteiger partial charge < -0.3 is 4.90 Å². The van der Waals surface area contributed by atoms with Crippen molar-refractivity contribution in [2.75, 3.05) is 4.90 Å². The van der Waals surface area contributed by atoms with Crippen molar-refractivity contribution >= 4 is 70.9 Å². The highest BCUT2D eigenvalue weighted by Gasteiger charge is 2.19. The van der Waals surface area contributed by atoms with Crippen molar-refractivity contribution < 1.29 is 0 Å². The molecule has 0 aliphatic rings. The summed E-state index contributed by atoms with van der Waals surface area (Å²) < 4.78 is 0. The van der Waals surface area contributed by atoms with Gasteiger partial charge in [0.25, 0.3) is 0 Å². The Hall–Kier alpha value is -8.26. The van der Waals surface area contributed by atoms with Gasteiger partial charge in [-0.05, 0) is 141 Å². The molecule has 1 heteroatoms. The molecule has 12 aromatic carbocycles. The molecule has 0 saturated carbocycles. The maximum absolute atomic E-state index is 2.41. The third kappa shape index (κ3) is 6.42. The van der Waals surface area contributed by atoms with Crippen molar-refractivity contribution in [3.63, 3.8) is 0 Å². The summed E-state index contributed by atoms with van der Waals surface area (Å²) in [7, 11) is 0. The third-order valence-corrected chi connectivity index (χ3v) is 12.8. The number of benzene rings is 12. The molecule has 0 heterocycles. The second kappa shape index (κ2) is 15.3. The van der Waals surface area contributed by atoms with E-state index >= 15 is 0 Å². The lowest BCUT2D eigenvalue weighted by molar-refractivity contribution is 1.29. The predicted octanol–water partition coefficient (Wildman–Crippen LogP) is 17.6. The molecule has 1 nitrogen and oxygen atoms in total. The van der Waals surface area contributed by atoms with E-state index < -0.39 is 0 Å². The molecule has 12 aromatic rings. The number of nitrogens with zero attached hydrogens (tertiary/aromatic N) is 1. The van der Waals surface area contributed by atoms with E-state index in [1.807, 2.05) is 0 Å². The predicted molar refractivity (Wildman–Crippen MR) is 270 cm³/mol. The number of hydrogen-bond donors (Lipinski definition) is 0. The average molecular weight is 800 g/mol. The van der Waals surface area contributed by atoms with Gasteiger partial charge in [0.2, 0.25) is 0 Å². The van der Waals surface area contributed by atoms with E-state index in [4.69, 9.17) is 0 Å². The van der Waals surface area contributed by atoms with Gasteiger partial charge in [-0.15, -0.1) is 0 Å². The van der Waals surface area contributed by atoms with E-state index in [1.165, 1.54) is 98.4 Å². The van der Waals surface area contributed by atoms with Gasteiger partial charge in [0, 0.05) is 17.1 Å². The van der Waals surface area contributed by atoms with Crippen LogP contribution in [0.25, 0.3) is 98.4 Å². The van der Waals surface area contributed by atoms with Crippen LogP contribution in [0.2, 0.25) is 0 Å². The zero-order valence-electron chi connectivity index (χ0n) is 34.6. The minimum absolute atomic E-state index is 1.09. The largest absolute Gasteiger partial charge is 0.310 e. The summed E-state index contributed by atoms with van der Waals surface area (Å²) in [6, 6.07) is 91.1. The van der Waals surface area contributed by atoms with E-state index in [2.05, 4.69) is 254 Å². The summed E-state index contributed by atoms with van der Waals surface area (Å²) in [4.78, 5) is 2.40. The highest BCUT2D eigenvalue weighted by molar-refractivity contribution is 6.22. The lowest BCUT2D eigenvalue weighted by atomic mass is 9.84. The van der Waals surface area contributed by atoms with Crippen molar-refractivity contribution in [2.24, 2.45) is 0 Å². The molecule has 0 unspecified atom stereocenters. The van der Waals surface area contributed by atoms with Crippen molar-refractivity contribution in [1.82, 2.24) is 0 Å². The van der Waals surface area contributed by atoms with Crippen LogP contribution in [0.1, 0.15) is 0 Å². The molecule has 0 aliphatic heterocycles. The Morgan fingerprint density at radius 3 is 1.46 bits per heavy atom. The fourth-order valence-electron chi connectivity index (χ4n) is 9.86. The minimum Gasteiger partial charge on any atom is -0.310 e. The molecule has 0 radical (unpaired) electrons. The number of fused-ring (bicyclic) bond motifs is 7. The number of anilines is 3. The lowest BCUT2D eigenvalue weighted by Gasteiger charge is -2.27. The summed E-state index contributed by atoms with van der Waals surface area (Å²) in [5.41, 5.74) is 13.0. The first-order chi connectivity index (χ1) is 31.2. The third-order valence-electron chi connectivity index (χ3n) is 12.8. The topological polar surface area (TPSA) is 3.24 Å². The van der Waals surface area contributed by atoms with Crippen LogP contribution < -0.4 is 4.90 Å². The smallest absolute Gasteiger partial charge is 0.0468 e. The SMILES string of the molecule is c1ccc(-c2c(-c3ccccc3)c3cc(-c4ccc(N(c5cccc(-c6cccc7ccccc67)c5)c5ccc6c(ccc7ccccc76)c5)cc4)ccc3c3ccccc23)cc1. The maximum atomic E-state index is 2.41. The lowest BCUT2D eigenvalue weighted by Crippen LogP contribution is -2.10. The maximum Gasteiger partial charge on any atom is 0.0468 e. The molecule has 63 heavy (non-hydrogen) atoms. The first-order valence-electron chi connectivity index (χ1n) is 21.7. The van der Waals surface area contributed by atoms with E-state index in [-0.39, 0.29) is 0 Å². The van der Waals surface area contributed by atoms with Crippen LogP contribution in [0, 0.1) is 0 Å². The molecule has 0 spiro atoms. The molecule has 0 saturated heterocycles. The molecular formula is C62H41N. The molecule has 294 valence electrons. The van der Waals surface area contributed by atoms with Crippen molar-refractivity contribution in [3.05, 3.63) is 249 Å². The fraction of sp³-hybridized carbons (Fsp3) is 0. The number of rotatable bonds is 7. The zero-order valence-corrected chi connectivity index (χ0v) is 34.6. The second-order valence-corrected chi connectivity index (χ2v) is 16.4. The van der Waals surface area contributed by atoms with Gasteiger partial charge in [-0.25, -0.2) is 0 Å². The van der Waals surface area contributed by atoms with Crippen molar-refractivity contribution in [3.8, 4) is 44.5 Å². The normalized spacial score (nSPS) is 11.5. The highest BCUT2D eigenvalue weighted by atomic mass is 15.1. The second-order valence-electron chi connectivity index (χ2n) is 16.4. The van der Waals surface area contributed by atoms with Crippen LogP contribution in [-0.2, 0) is 0 Å². The Labute approximate surface area is 367 Å². The van der Waals surface area contributed by atoms with Gasteiger partial charge in [0.05, 0.1) is 0 Å². The minimum atomic E-state index is 1.09. The first-order valence-corrected chi connectivity index (χ1v) is 21.7. The summed E-state index contributed by atoms with van der Waals surface area (Å²) in [6.07, 6.45) is 0. The van der Waals surface area contributed by atoms with Crippen LogP contribution in [0.3, 0.4) is 0 Å². The van der Waals surface area contributed by atoms with E-state index in [0.29, 0.717) is 0 Å². The molecule has 0 N–H and O–H groups in total. The van der Waals surface area contributed by atoms with Gasteiger partial charge in [0.1, 0.15) is 0 Å². The van der Waals surface area contributed by atoms with E-state index in [0.717, 1.165) is 17.1 Å². The Morgan fingerprint density at radius 2 is 0.698 bits per heavy atom. The Kier molecular flexibility index (Phi) is 8.90. The quantitative estimate of drug-likeness (QED) is 0.145. The standard InChI is InChI=1S/C62H41N/c1-3-17-45(18-4-1)61-59-27-12-11-26-57(59)58-37-33-47(41-60(58)62(61)46-19-5-2-6-20-46)42-31-34-50(35-32-42)63(52-36-38-56-49(40-52)30-29-44-16-8-10-25-54(44)56)51-23-13-22-48(39-51)55-28-14-21-43-15-7-9-24-53(43)55/h1-41H. The van der Waals surface area contributed by atoms with Crippen molar-refractivity contribution in [1.29, 1.82) is 0 Å². The molecule has 12 rings (SSSR count). The van der Waals surface area contributed by atoms with Gasteiger partial charge >= 0.3 is 0 Å². The van der Waals surface area contributed by atoms with Gasteiger partial charge in [0.15, 0.2) is 0 Å². The van der Waals surface area contributed by atoms with Gasteiger partial charge in [-0.1, -0.05) is 206 Å². The molecule has 0 amide bonds. The molecule has 0 aromatic heterocycles. The van der Waals surface area contributed by atoms with E-state index in [9.17, 15) is 0 Å². The van der Waals surface area contributed by atoms with Gasteiger partial charge in [-0.3, -0.25) is 0 Å². The molecule has 0 bridgehead atoms. The number of hydrogen-bond acceptors (Lipinski definition) is 1. The van der Waals surface area contributed by atoms with Crippen LogP contribution in [0.4, 0.5) is 17.1 Å². The van der Waals surface area contributed by atoms with Crippen LogP contribution >= 0.6 is 0 Å². The Morgan fingerprint density at radius 1 is 0.206 bits per heavy atom.